The van der Waals surface area contributed by atoms with Gasteiger partial charge in [-0.15, -0.1) is 0 Å². The topological polar surface area (TPSA) is 57.4 Å². The van der Waals surface area contributed by atoms with Crippen LogP contribution >= 0.6 is 0 Å². The van der Waals surface area contributed by atoms with E-state index in [4.69, 9.17) is 15.2 Å². The summed E-state index contributed by atoms with van der Waals surface area (Å²) in [7, 11) is 0. The number of hydrogen-bond donors (Lipinski definition) is 1. The highest BCUT2D eigenvalue weighted by molar-refractivity contribution is 5.13. The van der Waals surface area contributed by atoms with Gasteiger partial charge in [0, 0.05) is 25.3 Å². The van der Waals surface area contributed by atoms with Crippen LogP contribution in [0.2, 0.25) is 0 Å². The Hall–Kier alpha value is -0.970. The molecule has 1 aliphatic rings. The van der Waals surface area contributed by atoms with Gasteiger partial charge in [-0.1, -0.05) is 6.07 Å². The van der Waals surface area contributed by atoms with Gasteiger partial charge in [-0.3, -0.25) is 4.98 Å². The summed E-state index contributed by atoms with van der Waals surface area (Å²) in [5, 5.41) is 0. The van der Waals surface area contributed by atoms with Gasteiger partial charge >= 0.3 is 0 Å². The predicted octanol–water partition coefficient (Wildman–Crippen LogP) is 1.09. The Morgan fingerprint density at radius 1 is 1.50 bits per heavy atom. The summed E-state index contributed by atoms with van der Waals surface area (Å²) in [6.07, 6.45) is 2.91. The van der Waals surface area contributed by atoms with Crippen LogP contribution in [0.1, 0.15) is 17.7 Å². The van der Waals surface area contributed by atoms with E-state index < -0.39 is 0 Å². The molecule has 4 heteroatoms. The van der Waals surface area contributed by atoms with Crippen molar-refractivity contribution in [1.82, 2.24) is 4.98 Å². The molecule has 0 saturated carbocycles. The van der Waals surface area contributed by atoms with Crippen molar-refractivity contribution in [3.05, 3.63) is 29.6 Å². The molecule has 2 N–H and O–H groups in total. The summed E-state index contributed by atoms with van der Waals surface area (Å²) in [5.74, 6) is 0.559. The van der Waals surface area contributed by atoms with Crippen LogP contribution in [0.5, 0.6) is 0 Å². The van der Waals surface area contributed by atoms with Crippen LogP contribution in [0.25, 0.3) is 0 Å². The lowest BCUT2D eigenvalue weighted by Gasteiger charge is -2.08. The Bertz CT molecular complexity index is 307. The Labute approximate surface area is 95.8 Å². The smallest absolute Gasteiger partial charge is 0.0887 e. The summed E-state index contributed by atoms with van der Waals surface area (Å²) in [6.45, 7) is 3.58. The van der Waals surface area contributed by atoms with Crippen LogP contribution in [0, 0.1) is 5.92 Å². The molecule has 1 saturated heterocycles. The molecule has 2 heterocycles. The van der Waals surface area contributed by atoms with Crippen LogP contribution < -0.4 is 5.73 Å². The molecule has 88 valence electrons. The SMILES string of the molecule is NCc1ccc(COCC2CCOC2)nc1. The molecular formula is C12H18N2O2. The van der Waals surface area contributed by atoms with Gasteiger partial charge in [0.2, 0.25) is 0 Å². The summed E-state index contributed by atoms with van der Waals surface area (Å²) < 4.78 is 10.9. The molecule has 1 atom stereocenters. The number of aromatic nitrogens is 1. The number of nitrogens with two attached hydrogens (primary N) is 1. The van der Waals surface area contributed by atoms with Crippen molar-refractivity contribution >= 4 is 0 Å². The Morgan fingerprint density at radius 3 is 3.06 bits per heavy atom. The summed E-state index contributed by atoms with van der Waals surface area (Å²) in [5.41, 5.74) is 7.50. The molecule has 0 bridgehead atoms. The van der Waals surface area contributed by atoms with Crippen LogP contribution in [0.15, 0.2) is 18.3 Å². The van der Waals surface area contributed by atoms with Crippen molar-refractivity contribution < 1.29 is 9.47 Å². The Balaban J connectivity index is 1.71. The van der Waals surface area contributed by atoms with Gasteiger partial charge in [-0.2, -0.15) is 0 Å². The predicted molar refractivity (Wildman–Crippen MR) is 60.7 cm³/mol. The van der Waals surface area contributed by atoms with E-state index in [-0.39, 0.29) is 0 Å². The molecule has 2 rings (SSSR count). The largest absolute Gasteiger partial charge is 0.381 e. The van der Waals surface area contributed by atoms with E-state index in [1.807, 2.05) is 12.1 Å². The fourth-order valence-corrected chi connectivity index (χ4v) is 1.71. The second-order valence-electron chi connectivity index (χ2n) is 4.11. The Morgan fingerprint density at radius 2 is 2.44 bits per heavy atom. The van der Waals surface area contributed by atoms with E-state index in [1.165, 1.54) is 0 Å². The van der Waals surface area contributed by atoms with Crippen molar-refractivity contribution in [3.63, 3.8) is 0 Å². The molecule has 0 radical (unpaired) electrons. The lowest BCUT2D eigenvalue weighted by atomic mass is 10.1. The first-order valence-corrected chi connectivity index (χ1v) is 5.68. The first kappa shape index (κ1) is 11.5. The van der Waals surface area contributed by atoms with E-state index >= 15 is 0 Å². The molecule has 0 amide bonds. The first-order valence-electron chi connectivity index (χ1n) is 5.68. The maximum absolute atomic E-state index is 5.60. The van der Waals surface area contributed by atoms with Crippen LogP contribution in [-0.2, 0) is 22.6 Å². The van der Waals surface area contributed by atoms with Crippen molar-refractivity contribution in [2.45, 2.75) is 19.6 Å². The number of ether oxygens (including phenoxy) is 2. The number of hydrogen-bond acceptors (Lipinski definition) is 4. The van der Waals surface area contributed by atoms with Gasteiger partial charge in [-0.05, 0) is 18.1 Å². The molecule has 4 nitrogen and oxygen atoms in total. The van der Waals surface area contributed by atoms with Crippen LogP contribution in [0.3, 0.4) is 0 Å². The zero-order chi connectivity index (χ0) is 11.2. The molecule has 0 aromatic carbocycles. The third-order valence-electron chi connectivity index (χ3n) is 2.75. The lowest BCUT2D eigenvalue weighted by Crippen LogP contribution is -2.09. The summed E-state index contributed by atoms with van der Waals surface area (Å²) in [6, 6.07) is 3.96. The monoisotopic (exact) mass is 222 g/mol. The maximum Gasteiger partial charge on any atom is 0.0887 e. The molecule has 1 aromatic heterocycles. The number of rotatable bonds is 5. The highest BCUT2D eigenvalue weighted by Crippen LogP contribution is 2.13. The second kappa shape index (κ2) is 5.94. The van der Waals surface area contributed by atoms with E-state index in [9.17, 15) is 0 Å². The van der Waals surface area contributed by atoms with Crippen molar-refractivity contribution in [2.75, 3.05) is 19.8 Å². The third kappa shape index (κ3) is 3.27. The first-order chi connectivity index (χ1) is 7.88. The molecule has 1 unspecified atom stereocenters. The fourth-order valence-electron chi connectivity index (χ4n) is 1.71. The van der Waals surface area contributed by atoms with Crippen LogP contribution in [0.4, 0.5) is 0 Å². The van der Waals surface area contributed by atoms with E-state index in [0.29, 0.717) is 19.1 Å². The molecule has 1 aliphatic heterocycles. The van der Waals surface area contributed by atoms with Crippen molar-refractivity contribution in [1.29, 1.82) is 0 Å². The fraction of sp³-hybridized carbons (Fsp3) is 0.583. The molecule has 16 heavy (non-hydrogen) atoms. The van der Waals surface area contributed by atoms with Crippen molar-refractivity contribution in [3.8, 4) is 0 Å². The number of nitrogens with zero attached hydrogens (tertiary/aromatic N) is 1. The van der Waals surface area contributed by atoms with Gasteiger partial charge < -0.3 is 15.2 Å². The van der Waals surface area contributed by atoms with Gasteiger partial charge in [0.05, 0.1) is 25.5 Å². The second-order valence-corrected chi connectivity index (χ2v) is 4.11. The number of pyridine rings is 1. The van der Waals surface area contributed by atoms with Gasteiger partial charge in [-0.25, -0.2) is 0 Å². The minimum Gasteiger partial charge on any atom is -0.381 e. The van der Waals surface area contributed by atoms with Gasteiger partial charge in [0.1, 0.15) is 0 Å². The maximum atomic E-state index is 5.60. The van der Waals surface area contributed by atoms with Crippen LogP contribution in [-0.4, -0.2) is 24.8 Å². The van der Waals surface area contributed by atoms with Gasteiger partial charge in [0.15, 0.2) is 0 Å². The zero-order valence-electron chi connectivity index (χ0n) is 9.39. The summed E-state index contributed by atoms with van der Waals surface area (Å²) >= 11 is 0. The third-order valence-corrected chi connectivity index (χ3v) is 2.75. The molecule has 0 aliphatic carbocycles. The van der Waals surface area contributed by atoms with E-state index in [2.05, 4.69) is 4.98 Å². The van der Waals surface area contributed by atoms with Gasteiger partial charge in [0.25, 0.3) is 0 Å². The minimum atomic E-state index is 0.535. The molecule has 0 spiro atoms. The standard InChI is InChI=1S/C12H18N2O2/c13-5-10-1-2-12(14-6-10)9-16-8-11-3-4-15-7-11/h1-2,6,11H,3-5,7-9,13H2. The quantitative estimate of drug-likeness (QED) is 0.810. The minimum absolute atomic E-state index is 0.535. The average Bonchev–Trinajstić information content (AvgIpc) is 2.83. The summed E-state index contributed by atoms with van der Waals surface area (Å²) in [4.78, 5) is 4.28. The highest BCUT2D eigenvalue weighted by Gasteiger charge is 2.15. The molecule has 1 fully saturated rings. The lowest BCUT2D eigenvalue weighted by molar-refractivity contribution is 0.0773. The molecular weight excluding hydrogens is 204 g/mol. The zero-order valence-corrected chi connectivity index (χ0v) is 9.39. The van der Waals surface area contributed by atoms with E-state index in [1.54, 1.807) is 6.20 Å². The Kier molecular flexibility index (Phi) is 4.27. The molecule has 1 aromatic rings. The average molecular weight is 222 g/mol. The van der Waals surface area contributed by atoms with Crippen molar-refractivity contribution in [2.24, 2.45) is 11.7 Å². The normalized spacial score (nSPS) is 20.2. The van der Waals surface area contributed by atoms with E-state index in [0.717, 1.165) is 37.5 Å². The highest BCUT2D eigenvalue weighted by atomic mass is 16.5.